The summed E-state index contributed by atoms with van der Waals surface area (Å²) in [5.74, 6) is 0.622. The zero-order valence-electron chi connectivity index (χ0n) is 10.4. The van der Waals surface area contributed by atoms with Gasteiger partial charge in [-0.15, -0.1) is 0 Å². The molecule has 2 atom stereocenters. The summed E-state index contributed by atoms with van der Waals surface area (Å²) in [5, 5.41) is 2.72. The van der Waals surface area contributed by atoms with Crippen LogP contribution >= 0.6 is 0 Å². The summed E-state index contributed by atoms with van der Waals surface area (Å²) in [6.45, 7) is 1.83. The molecule has 1 aliphatic rings. The predicted octanol–water partition coefficient (Wildman–Crippen LogP) is 4.07. The van der Waals surface area contributed by atoms with Crippen LogP contribution in [0, 0.1) is 5.92 Å². The van der Waals surface area contributed by atoms with Gasteiger partial charge in [-0.1, -0.05) is 43.2 Å². The summed E-state index contributed by atoms with van der Waals surface area (Å²) in [7, 11) is 0. The summed E-state index contributed by atoms with van der Waals surface area (Å²) in [4.78, 5) is 0. The summed E-state index contributed by atoms with van der Waals surface area (Å²) in [6, 6.07) is 6.38. The van der Waals surface area contributed by atoms with E-state index in [0.717, 1.165) is 19.3 Å². The minimum Gasteiger partial charge on any atom is -0.300 e. The second-order valence-electron chi connectivity index (χ2n) is 5.13. The monoisotopic (exact) mass is 257 g/mol. The summed E-state index contributed by atoms with van der Waals surface area (Å²) in [5.41, 5.74) is 0.285. The molecule has 1 fully saturated rings. The Kier molecular flexibility index (Phi) is 3.95. The summed E-state index contributed by atoms with van der Waals surface area (Å²) >= 11 is 0. The van der Waals surface area contributed by atoms with Gasteiger partial charge >= 0.3 is 6.18 Å². The molecule has 1 aromatic rings. The van der Waals surface area contributed by atoms with Crippen molar-refractivity contribution in [2.24, 2.45) is 5.92 Å². The van der Waals surface area contributed by atoms with Crippen LogP contribution in [0.4, 0.5) is 13.2 Å². The van der Waals surface area contributed by atoms with E-state index in [1.54, 1.807) is 18.2 Å². The number of benzene rings is 1. The number of hydrogen-bond acceptors (Lipinski definition) is 1. The van der Waals surface area contributed by atoms with Crippen LogP contribution < -0.4 is 5.32 Å². The minimum atomic E-state index is -4.25. The average molecular weight is 257 g/mol. The fourth-order valence-corrected chi connectivity index (χ4v) is 2.23. The van der Waals surface area contributed by atoms with E-state index in [-0.39, 0.29) is 11.6 Å². The van der Waals surface area contributed by atoms with E-state index in [1.807, 2.05) is 6.92 Å². The Morgan fingerprint density at radius 1 is 1.22 bits per heavy atom. The molecule has 18 heavy (non-hydrogen) atoms. The van der Waals surface area contributed by atoms with E-state index >= 15 is 0 Å². The van der Waals surface area contributed by atoms with Gasteiger partial charge in [-0.25, -0.2) is 0 Å². The van der Waals surface area contributed by atoms with Crippen LogP contribution in [0.25, 0.3) is 0 Å². The van der Waals surface area contributed by atoms with Crippen LogP contribution in [0.1, 0.15) is 37.8 Å². The number of rotatable bonds is 5. The van der Waals surface area contributed by atoms with E-state index in [1.165, 1.54) is 12.1 Å². The lowest BCUT2D eigenvalue weighted by Crippen LogP contribution is -2.39. The first-order valence-corrected chi connectivity index (χ1v) is 6.34. The first-order chi connectivity index (χ1) is 8.47. The highest BCUT2D eigenvalue weighted by Gasteiger charge is 2.41. The van der Waals surface area contributed by atoms with E-state index < -0.39 is 12.2 Å². The third-order valence-electron chi connectivity index (χ3n) is 3.30. The summed E-state index contributed by atoms with van der Waals surface area (Å²) < 4.78 is 39.2. The highest BCUT2D eigenvalue weighted by molar-refractivity contribution is 5.20. The van der Waals surface area contributed by atoms with Gasteiger partial charge < -0.3 is 0 Å². The van der Waals surface area contributed by atoms with Crippen LogP contribution in [0.15, 0.2) is 30.3 Å². The van der Waals surface area contributed by atoms with E-state index in [4.69, 9.17) is 0 Å². The fraction of sp³-hybridized carbons (Fsp3) is 0.571. The van der Waals surface area contributed by atoms with Gasteiger partial charge in [0.05, 0.1) is 0 Å². The van der Waals surface area contributed by atoms with E-state index in [9.17, 15) is 13.2 Å². The Hall–Kier alpha value is -1.03. The van der Waals surface area contributed by atoms with Gasteiger partial charge in [-0.3, -0.25) is 5.32 Å². The SMILES string of the molecule is CC(CC1CC1)NC(c1ccccc1)C(F)(F)F. The second kappa shape index (κ2) is 5.31. The van der Waals surface area contributed by atoms with E-state index in [0.29, 0.717) is 5.92 Å². The molecule has 0 bridgehead atoms. The molecule has 1 N–H and O–H groups in total. The number of alkyl halides is 3. The fourth-order valence-electron chi connectivity index (χ4n) is 2.23. The molecular weight excluding hydrogens is 239 g/mol. The van der Waals surface area contributed by atoms with Crippen molar-refractivity contribution in [3.63, 3.8) is 0 Å². The Bertz CT molecular complexity index is 370. The second-order valence-corrected chi connectivity index (χ2v) is 5.13. The topological polar surface area (TPSA) is 12.0 Å². The molecule has 2 unspecified atom stereocenters. The zero-order valence-corrected chi connectivity index (χ0v) is 10.4. The minimum absolute atomic E-state index is 0.107. The van der Waals surface area contributed by atoms with Gasteiger partial charge in [-0.05, 0) is 24.8 Å². The molecule has 0 spiro atoms. The van der Waals surface area contributed by atoms with Gasteiger partial charge in [0.15, 0.2) is 0 Å². The maximum Gasteiger partial charge on any atom is 0.407 e. The molecule has 1 aliphatic carbocycles. The molecule has 0 saturated heterocycles. The van der Waals surface area contributed by atoms with E-state index in [2.05, 4.69) is 5.32 Å². The number of hydrogen-bond donors (Lipinski definition) is 1. The molecule has 0 radical (unpaired) electrons. The highest BCUT2D eigenvalue weighted by atomic mass is 19.4. The first-order valence-electron chi connectivity index (χ1n) is 6.34. The Morgan fingerprint density at radius 3 is 2.33 bits per heavy atom. The Balaban J connectivity index is 2.05. The van der Waals surface area contributed by atoms with Crippen LogP contribution in [-0.4, -0.2) is 12.2 Å². The normalized spacial score (nSPS) is 19.6. The third kappa shape index (κ3) is 3.73. The van der Waals surface area contributed by atoms with Crippen LogP contribution in [-0.2, 0) is 0 Å². The molecule has 4 heteroatoms. The van der Waals surface area contributed by atoms with Crippen molar-refractivity contribution in [1.82, 2.24) is 5.32 Å². The van der Waals surface area contributed by atoms with Crippen molar-refractivity contribution in [3.05, 3.63) is 35.9 Å². The number of nitrogens with one attached hydrogen (secondary N) is 1. The molecule has 2 rings (SSSR count). The van der Waals surface area contributed by atoms with Crippen molar-refractivity contribution >= 4 is 0 Å². The first kappa shape index (κ1) is 13.4. The lowest BCUT2D eigenvalue weighted by atomic mass is 10.0. The molecular formula is C14H18F3N. The third-order valence-corrected chi connectivity index (χ3v) is 3.30. The Morgan fingerprint density at radius 2 is 1.83 bits per heavy atom. The van der Waals surface area contributed by atoms with Gasteiger partial charge in [0, 0.05) is 6.04 Å². The largest absolute Gasteiger partial charge is 0.407 e. The zero-order chi connectivity index (χ0) is 13.2. The lowest BCUT2D eigenvalue weighted by molar-refractivity contribution is -0.159. The highest BCUT2D eigenvalue weighted by Crippen LogP contribution is 2.36. The lowest BCUT2D eigenvalue weighted by Gasteiger charge is -2.26. The van der Waals surface area contributed by atoms with Gasteiger partial charge in [0.1, 0.15) is 6.04 Å². The molecule has 0 aliphatic heterocycles. The molecule has 0 amide bonds. The van der Waals surface area contributed by atoms with Gasteiger partial charge in [0.25, 0.3) is 0 Å². The molecule has 100 valence electrons. The van der Waals surface area contributed by atoms with Crippen molar-refractivity contribution in [3.8, 4) is 0 Å². The van der Waals surface area contributed by atoms with Crippen molar-refractivity contribution < 1.29 is 13.2 Å². The molecule has 1 nitrogen and oxygen atoms in total. The van der Waals surface area contributed by atoms with Gasteiger partial charge in [0.2, 0.25) is 0 Å². The van der Waals surface area contributed by atoms with Gasteiger partial charge in [-0.2, -0.15) is 13.2 Å². The Labute approximate surface area is 105 Å². The quantitative estimate of drug-likeness (QED) is 0.838. The van der Waals surface area contributed by atoms with Crippen molar-refractivity contribution in [1.29, 1.82) is 0 Å². The van der Waals surface area contributed by atoms with Crippen LogP contribution in [0.5, 0.6) is 0 Å². The van der Waals surface area contributed by atoms with Crippen molar-refractivity contribution in [2.75, 3.05) is 0 Å². The molecule has 0 aromatic heterocycles. The molecule has 1 aromatic carbocycles. The maximum absolute atomic E-state index is 13.1. The van der Waals surface area contributed by atoms with Crippen LogP contribution in [0.3, 0.4) is 0 Å². The predicted molar refractivity (Wildman–Crippen MR) is 65.2 cm³/mol. The smallest absolute Gasteiger partial charge is 0.300 e. The molecule has 0 heterocycles. The number of halogens is 3. The maximum atomic E-state index is 13.1. The van der Waals surface area contributed by atoms with Crippen LogP contribution in [0.2, 0.25) is 0 Å². The standard InChI is InChI=1S/C14H18F3N/c1-10(9-11-7-8-11)18-13(14(15,16)17)12-5-3-2-4-6-12/h2-6,10-11,13,18H,7-9H2,1H3. The van der Waals surface area contributed by atoms with Crippen molar-refractivity contribution in [2.45, 2.75) is 44.4 Å². The average Bonchev–Trinajstić information content (AvgIpc) is 3.09. The summed E-state index contributed by atoms with van der Waals surface area (Å²) in [6.07, 6.45) is -1.10. The molecule has 1 saturated carbocycles.